The lowest BCUT2D eigenvalue weighted by atomic mass is 10.2. The quantitative estimate of drug-likeness (QED) is 0.877. The van der Waals surface area contributed by atoms with Crippen molar-refractivity contribution < 1.29 is 13.9 Å². The number of pyridine rings is 1. The lowest BCUT2D eigenvalue weighted by molar-refractivity contribution is 0.102. The number of methoxy groups -OCH3 is 1. The fourth-order valence-electron chi connectivity index (χ4n) is 1.49. The van der Waals surface area contributed by atoms with E-state index in [1.54, 1.807) is 0 Å². The normalized spacial score (nSPS) is 10.2. The summed E-state index contributed by atoms with van der Waals surface area (Å²) in [5.41, 5.74) is 0.627. The molecule has 20 heavy (non-hydrogen) atoms. The van der Waals surface area contributed by atoms with Crippen molar-refractivity contribution in [3.05, 3.63) is 52.0 Å². The number of hydrogen-bond acceptors (Lipinski definition) is 3. The summed E-state index contributed by atoms with van der Waals surface area (Å²) < 4.78 is 18.1. The highest BCUT2D eigenvalue weighted by molar-refractivity contribution is 6.41. The van der Waals surface area contributed by atoms with E-state index in [1.807, 2.05) is 0 Å². The number of nitrogens with one attached hydrogen (secondary N) is 1. The third-order valence-electron chi connectivity index (χ3n) is 2.47. The molecule has 0 radical (unpaired) electrons. The zero-order valence-corrected chi connectivity index (χ0v) is 11.8. The molecule has 7 heteroatoms. The fourth-order valence-corrected chi connectivity index (χ4v) is 1.76. The second kappa shape index (κ2) is 6.07. The molecule has 0 fully saturated rings. The van der Waals surface area contributed by atoms with Crippen molar-refractivity contribution in [2.24, 2.45) is 0 Å². The topological polar surface area (TPSA) is 51.2 Å². The number of halogens is 3. The molecular formula is C13H9Cl2FN2O2. The molecule has 2 aromatic rings. The Kier molecular flexibility index (Phi) is 4.42. The maximum Gasteiger partial charge on any atom is 0.257 e. The van der Waals surface area contributed by atoms with Crippen molar-refractivity contribution in [1.29, 1.82) is 0 Å². The lowest BCUT2D eigenvalue weighted by Crippen LogP contribution is -2.12. The van der Waals surface area contributed by atoms with Gasteiger partial charge < -0.3 is 10.1 Å². The van der Waals surface area contributed by atoms with E-state index in [1.165, 1.54) is 37.6 Å². The number of carbonyl (C=O) groups excluding carboxylic acids is 1. The molecule has 0 aliphatic rings. The van der Waals surface area contributed by atoms with Gasteiger partial charge in [0, 0.05) is 18.0 Å². The molecule has 0 aliphatic heterocycles. The van der Waals surface area contributed by atoms with Crippen molar-refractivity contribution in [2.45, 2.75) is 0 Å². The van der Waals surface area contributed by atoms with Gasteiger partial charge >= 0.3 is 0 Å². The van der Waals surface area contributed by atoms with E-state index in [2.05, 4.69) is 10.3 Å². The minimum absolute atomic E-state index is 0.0371. The Morgan fingerprint density at radius 1 is 1.35 bits per heavy atom. The maximum absolute atomic E-state index is 13.2. The van der Waals surface area contributed by atoms with Gasteiger partial charge in [-0.15, -0.1) is 0 Å². The smallest absolute Gasteiger partial charge is 0.257 e. The Bertz CT molecular complexity index is 665. The number of hydrogen-bond donors (Lipinski definition) is 1. The number of rotatable bonds is 3. The molecule has 0 bridgehead atoms. The average Bonchev–Trinajstić information content (AvgIpc) is 2.43. The van der Waals surface area contributed by atoms with Crippen LogP contribution in [0, 0.1) is 5.82 Å². The zero-order chi connectivity index (χ0) is 14.7. The van der Waals surface area contributed by atoms with Crippen LogP contribution in [0.1, 0.15) is 10.4 Å². The van der Waals surface area contributed by atoms with Crippen LogP contribution < -0.4 is 10.1 Å². The number of benzene rings is 1. The Hall–Kier alpha value is -1.85. The highest BCUT2D eigenvalue weighted by Crippen LogP contribution is 2.23. The standard InChI is InChI=1S/C13H9Cl2FN2O2/c1-20-11-5-8(2-3-10(11)16)18-13(19)7-4-9(14)12(15)17-6-7/h2-6H,1H3,(H,18,19). The van der Waals surface area contributed by atoms with Crippen molar-refractivity contribution in [3.63, 3.8) is 0 Å². The minimum Gasteiger partial charge on any atom is -0.494 e. The number of ether oxygens (including phenoxy) is 1. The third-order valence-corrected chi connectivity index (χ3v) is 3.15. The largest absolute Gasteiger partial charge is 0.494 e. The van der Waals surface area contributed by atoms with E-state index in [9.17, 15) is 9.18 Å². The number of amides is 1. The Morgan fingerprint density at radius 3 is 2.75 bits per heavy atom. The number of carbonyl (C=O) groups is 1. The maximum atomic E-state index is 13.2. The first-order valence-corrected chi connectivity index (χ1v) is 6.23. The molecule has 0 unspecified atom stereocenters. The second-order valence-electron chi connectivity index (χ2n) is 3.80. The fraction of sp³-hybridized carbons (Fsp3) is 0.0769. The summed E-state index contributed by atoms with van der Waals surface area (Å²) in [4.78, 5) is 15.8. The van der Waals surface area contributed by atoms with Gasteiger partial charge in [0.15, 0.2) is 11.6 Å². The van der Waals surface area contributed by atoms with E-state index >= 15 is 0 Å². The number of aromatic nitrogens is 1. The van der Waals surface area contributed by atoms with E-state index < -0.39 is 11.7 Å². The van der Waals surface area contributed by atoms with E-state index in [0.29, 0.717) is 5.69 Å². The number of anilines is 1. The predicted octanol–water partition coefficient (Wildman–Crippen LogP) is 3.79. The zero-order valence-electron chi connectivity index (χ0n) is 10.3. The summed E-state index contributed by atoms with van der Waals surface area (Å²) >= 11 is 11.5. The van der Waals surface area contributed by atoms with Gasteiger partial charge in [-0.25, -0.2) is 9.37 Å². The number of nitrogens with zero attached hydrogens (tertiary/aromatic N) is 1. The first-order valence-electron chi connectivity index (χ1n) is 5.47. The highest BCUT2D eigenvalue weighted by atomic mass is 35.5. The monoisotopic (exact) mass is 314 g/mol. The van der Waals surface area contributed by atoms with Crippen LogP contribution in [0.25, 0.3) is 0 Å². The molecule has 2 rings (SSSR count). The van der Waals surface area contributed by atoms with Crippen LogP contribution in [0.15, 0.2) is 30.5 Å². The van der Waals surface area contributed by atoms with E-state index in [4.69, 9.17) is 27.9 Å². The predicted molar refractivity (Wildman–Crippen MR) is 75.2 cm³/mol. The molecule has 1 aromatic carbocycles. The molecule has 4 nitrogen and oxygen atoms in total. The van der Waals surface area contributed by atoms with Crippen LogP contribution in [0.2, 0.25) is 10.2 Å². The van der Waals surface area contributed by atoms with Crippen LogP contribution in [-0.2, 0) is 0 Å². The molecule has 0 atom stereocenters. The van der Waals surface area contributed by atoms with Crippen molar-refractivity contribution in [1.82, 2.24) is 4.98 Å². The molecule has 1 amide bonds. The van der Waals surface area contributed by atoms with Gasteiger partial charge in [0.1, 0.15) is 5.15 Å². The van der Waals surface area contributed by atoms with E-state index in [-0.39, 0.29) is 21.5 Å². The van der Waals surface area contributed by atoms with Crippen molar-refractivity contribution >= 4 is 34.8 Å². The Balaban J connectivity index is 2.21. The Morgan fingerprint density at radius 2 is 2.10 bits per heavy atom. The van der Waals surface area contributed by atoms with Gasteiger partial charge in [-0.3, -0.25) is 4.79 Å². The molecule has 0 saturated heterocycles. The molecule has 1 heterocycles. The molecule has 0 spiro atoms. The van der Waals surface area contributed by atoms with Crippen molar-refractivity contribution in [2.75, 3.05) is 12.4 Å². The van der Waals surface area contributed by atoms with Crippen LogP contribution in [-0.4, -0.2) is 18.0 Å². The van der Waals surface area contributed by atoms with Gasteiger partial charge in [0.2, 0.25) is 0 Å². The van der Waals surface area contributed by atoms with Gasteiger partial charge in [-0.05, 0) is 18.2 Å². The molecule has 104 valence electrons. The third kappa shape index (κ3) is 3.18. The molecule has 1 aromatic heterocycles. The van der Waals surface area contributed by atoms with Crippen LogP contribution in [0.5, 0.6) is 5.75 Å². The van der Waals surface area contributed by atoms with Gasteiger partial charge in [0.05, 0.1) is 17.7 Å². The van der Waals surface area contributed by atoms with E-state index in [0.717, 1.165) is 0 Å². The highest BCUT2D eigenvalue weighted by Gasteiger charge is 2.11. The molecule has 1 N–H and O–H groups in total. The summed E-state index contributed by atoms with van der Waals surface area (Å²) in [5.74, 6) is -0.915. The van der Waals surface area contributed by atoms with Crippen LogP contribution in [0.4, 0.5) is 10.1 Å². The van der Waals surface area contributed by atoms with Crippen LogP contribution in [0.3, 0.4) is 0 Å². The molecular weight excluding hydrogens is 306 g/mol. The van der Waals surface area contributed by atoms with Gasteiger partial charge in [-0.2, -0.15) is 0 Å². The lowest BCUT2D eigenvalue weighted by Gasteiger charge is -2.08. The first kappa shape index (κ1) is 14.6. The van der Waals surface area contributed by atoms with Crippen molar-refractivity contribution in [3.8, 4) is 5.75 Å². The summed E-state index contributed by atoms with van der Waals surface area (Å²) in [6, 6.07) is 5.38. The minimum atomic E-state index is -0.512. The Labute approximate surface area is 124 Å². The SMILES string of the molecule is COc1cc(NC(=O)c2cnc(Cl)c(Cl)c2)ccc1F. The second-order valence-corrected chi connectivity index (χ2v) is 4.57. The summed E-state index contributed by atoms with van der Waals surface area (Å²) in [6.45, 7) is 0. The molecule has 0 aliphatic carbocycles. The first-order chi connectivity index (χ1) is 9.51. The van der Waals surface area contributed by atoms with Gasteiger partial charge in [0.25, 0.3) is 5.91 Å². The summed E-state index contributed by atoms with van der Waals surface area (Å²) in [5, 5.41) is 2.87. The summed E-state index contributed by atoms with van der Waals surface area (Å²) in [7, 11) is 1.34. The average molecular weight is 315 g/mol. The van der Waals surface area contributed by atoms with Gasteiger partial charge in [-0.1, -0.05) is 23.2 Å². The summed E-state index contributed by atoms with van der Waals surface area (Å²) in [6.07, 6.45) is 1.30. The van der Waals surface area contributed by atoms with Crippen LogP contribution >= 0.6 is 23.2 Å². The molecule has 0 saturated carbocycles.